The fraction of sp³-hybridized carbons (Fsp3) is 0.357. The lowest BCUT2D eigenvalue weighted by molar-refractivity contribution is 0.0697. The molecule has 3 rings (SSSR count). The van der Waals surface area contributed by atoms with E-state index in [1.807, 2.05) is 6.07 Å². The Balaban J connectivity index is 2.13. The molecule has 1 aliphatic rings. The van der Waals surface area contributed by atoms with E-state index in [4.69, 9.17) is 5.73 Å². The van der Waals surface area contributed by atoms with E-state index in [-0.39, 0.29) is 28.7 Å². The highest BCUT2D eigenvalue weighted by Crippen LogP contribution is 2.23. The number of aromatic carboxylic acids is 1. The quantitative estimate of drug-likeness (QED) is 0.846. The Morgan fingerprint density at radius 3 is 2.65 bits per heavy atom. The molecule has 2 aromatic heterocycles. The third kappa shape index (κ3) is 2.55. The summed E-state index contributed by atoms with van der Waals surface area (Å²) in [5.74, 6) is -0.507. The van der Waals surface area contributed by atoms with Gasteiger partial charge in [0.05, 0.1) is 5.69 Å². The van der Waals surface area contributed by atoms with Crippen LogP contribution in [0.2, 0.25) is 0 Å². The zero-order valence-corrected chi connectivity index (χ0v) is 12.5. The Morgan fingerprint density at radius 2 is 2.09 bits per heavy atom. The Labute approximate surface area is 132 Å². The summed E-state index contributed by atoms with van der Waals surface area (Å²) in [6.45, 7) is 3.26. The highest BCUT2D eigenvalue weighted by atomic mass is 16.4. The van der Waals surface area contributed by atoms with Gasteiger partial charge in [0.25, 0.3) is 5.95 Å². The van der Waals surface area contributed by atoms with Crippen LogP contribution >= 0.6 is 0 Å². The monoisotopic (exact) mass is 313 g/mol. The van der Waals surface area contributed by atoms with Crippen molar-refractivity contribution >= 4 is 17.6 Å². The average Bonchev–Trinajstić information content (AvgIpc) is 3.14. The molecule has 118 valence electrons. The number of hydrogen-bond donors (Lipinski definition) is 2. The van der Waals surface area contributed by atoms with Gasteiger partial charge < -0.3 is 15.7 Å². The molecule has 9 nitrogen and oxygen atoms in total. The molecule has 0 radical (unpaired) electrons. The number of nitrogen functional groups attached to an aromatic ring is 1. The van der Waals surface area contributed by atoms with Crippen LogP contribution in [-0.4, -0.2) is 43.9 Å². The summed E-state index contributed by atoms with van der Waals surface area (Å²) in [5, 5.41) is 22.5. The Morgan fingerprint density at radius 1 is 1.39 bits per heavy atom. The zero-order valence-electron chi connectivity index (χ0n) is 12.5. The van der Waals surface area contributed by atoms with Crippen molar-refractivity contribution in [2.45, 2.75) is 19.8 Å². The molecule has 0 aromatic carbocycles. The molecule has 1 fully saturated rings. The Hall–Kier alpha value is -3.15. The summed E-state index contributed by atoms with van der Waals surface area (Å²) < 4.78 is 1.17. The van der Waals surface area contributed by atoms with Gasteiger partial charge in [0.1, 0.15) is 29.0 Å². The van der Waals surface area contributed by atoms with Gasteiger partial charge in [-0.3, -0.25) is 0 Å². The number of aryl methyl sites for hydroxylation is 1. The Kier molecular flexibility index (Phi) is 3.57. The molecule has 3 heterocycles. The van der Waals surface area contributed by atoms with Crippen molar-refractivity contribution in [3.05, 3.63) is 23.0 Å². The van der Waals surface area contributed by atoms with E-state index in [0.29, 0.717) is 5.82 Å². The molecule has 1 aliphatic heterocycles. The van der Waals surface area contributed by atoms with Crippen molar-refractivity contribution in [3.8, 4) is 12.0 Å². The number of nitrogens with zero attached hydrogens (tertiary/aromatic N) is 6. The normalized spacial score (nSPS) is 14.0. The van der Waals surface area contributed by atoms with E-state index >= 15 is 0 Å². The van der Waals surface area contributed by atoms with Gasteiger partial charge >= 0.3 is 5.97 Å². The minimum atomic E-state index is -1.16. The highest BCUT2D eigenvalue weighted by molar-refractivity contribution is 5.94. The number of carboxylic acid groups (broad SMARTS) is 1. The summed E-state index contributed by atoms with van der Waals surface area (Å²) >= 11 is 0. The van der Waals surface area contributed by atoms with Crippen molar-refractivity contribution in [2.75, 3.05) is 23.7 Å². The number of nitrogens with two attached hydrogens (primary N) is 1. The van der Waals surface area contributed by atoms with Gasteiger partial charge in [-0.05, 0) is 19.8 Å². The zero-order chi connectivity index (χ0) is 16.6. The van der Waals surface area contributed by atoms with E-state index in [1.165, 1.54) is 4.68 Å². The van der Waals surface area contributed by atoms with Crippen LogP contribution in [0.5, 0.6) is 0 Å². The number of carboxylic acids is 1. The first-order chi connectivity index (χ1) is 11.0. The van der Waals surface area contributed by atoms with E-state index in [1.54, 1.807) is 13.0 Å². The number of anilines is 2. The van der Waals surface area contributed by atoms with Crippen molar-refractivity contribution in [3.63, 3.8) is 0 Å². The predicted octanol–water partition coefficient (Wildman–Crippen LogP) is 0.723. The summed E-state index contributed by atoms with van der Waals surface area (Å²) in [7, 11) is 0. The first kappa shape index (κ1) is 14.8. The largest absolute Gasteiger partial charge is 0.477 e. The van der Waals surface area contributed by atoms with E-state index in [9.17, 15) is 15.2 Å². The number of hydrogen-bond acceptors (Lipinski definition) is 7. The topological polar surface area (TPSA) is 134 Å². The van der Waals surface area contributed by atoms with Crippen LogP contribution in [0, 0.1) is 18.3 Å². The highest BCUT2D eigenvalue weighted by Gasteiger charge is 2.22. The van der Waals surface area contributed by atoms with Gasteiger partial charge in [0, 0.05) is 19.2 Å². The standard InChI is InChI=1S/C14H15N7O2/c1-8-11(13(22)23)12(16)21(19-8)14-17-9(7-15)6-10(18-14)20-4-2-3-5-20/h6H,2-5,16H2,1H3,(H,22,23). The second-order valence-electron chi connectivity index (χ2n) is 5.28. The molecule has 0 amide bonds. The van der Waals surface area contributed by atoms with Gasteiger partial charge in [-0.25, -0.2) is 4.79 Å². The summed E-state index contributed by atoms with van der Waals surface area (Å²) in [6, 6.07) is 3.60. The third-order valence-electron chi connectivity index (χ3n) is 3.74. The third-order valence-corrected chi connectivity index (χ3v) is 3.74. The number of nitriles is 1. The molecule has 0 spiro atoms. The average molecular weight is 313 g/mol. The fourth-order valence-electron chi connectivity index (χ4n) is 2.64. The molecular formula is C14H15N7O2. The van der Waals surface area contributed by atoms with Crippen LogP contribution in [0.25, 0.3) is 5.95 Å². The maximum absolute atomic E-state index is 11.3. The van der Waals surface area contributed by atoms with Crippen LogP contribution in [0.15, 0.2) is 6.07 Å². The minimum absolute atomic E-state index is 0.0579. The number of aromatic nitrogens is 4. The SMILES string of the molecule is Cc1nn(-c2nc(C#N)cc(N3CCCC3)n2)c(N)c1C(=O)O. The molecule has 0 atom stereocenters. The van der Waals surface area contributed by atoms with Gasteiger partial charge in [-0.15, -0.1) is 0 Å². The van der Waals surface area contributed by atoms with Crippen LogP contribution < -0.4 is 10.6 Å². The van der Waals surface area contributed by atoms with Gasteiger partial charge in [-0.2, -0.15) is 25.0 Å². The van der Waals surface area contributed by atoms with Crippen LogP contribution in [0.4, 0.5) is 11.6 Å². The maximum Gasteiger partial charge on any atom is 0.341 e. The van der Waals surface area contributed by atoms with Crippen LogP contribution in [0.3, 0.4) is 0 Å². The first-order valence-electron chi connectivity index (χ1n) is 7.14. The van der Waals surface area contributed by atoms with Crippen molar-refractivity contribution in [1.29, 1.82) is 5.26 Å². The fourth-order valence-corrected chi connectivity index (χ4v) is 2.64. The first-order valence-corrected chi connectivity index (χ1v) is 7.14. The molecule has 2 aromatic rings. The molecule has 0 aliphatic carbocycles. The van der Waals surface area contributed by atoms with Gasteiger partial charge in [-0.1, -0.05) is 0 Å². The summed E-state index contributed by atoms with van der Waals surface area (Å²) in [4.78, 5) is 21.8. The molecule has 0 bridgehead atoms. The molecular weight excluding hydrogens is 298 g/mol. The van der Waals surface area contributed by atoms with Crippen molar-refractivity contribution in [2.24, 2.45) is 0 Å². The van der Waals surface area contributed by atoms with Crippen molar-refractivity contribution in [1.82, 2.24) is 19.7 Å². The number of rotatable bonds is 3. The molecule has 0 unspecified atom stereocenters. The molecule has 9 heteroatoms. The van der Waals surface area contributed by atoms with E-state index in [2.05, 4.69) is 20.0 Å². The Bertz CT molecular complexity index is 815. The second kappa shape index (κ2) is 5.57. The smallest absolute Gasteiger partial charge is 0.341 e. The lowest BCUT2D eigenvalue weighted by Gasteiger charge is -2.17. The molecule has 23 heavy (non-hydrogen) atoms. The second-order valence-corrected chi connectivity index (χ2v) is 5.28. The van der Waals surface area contributed by atoms with Crippen LogP contribution in [-0.2, 0) is 0 Å². The lowest BCUT2D eigenvalue weighted by atomic mass is 10.2. The van der Waals surface area contributed by atoms with Crippen molar-refractivity contribution < 1.29 is 9.90 Å². The van der Waals surface area contributed by atoms with E-state index < -0.39 is 5.97 Å². The predicted molar refractivity (Wildman–Crippen MR) is 81.4 cm³/mol. The van der Waals surface area contributed by atoms with Gasteiger partial charge in [0.2, 0.25) is 0 Å². The summed E-state index contributed by atoms with van der Waals surface area (Å²) in [5.41, 5.74) is 6.24. The minimum Gasteiger partial charge on any atom is -0.477 e. The van der Waals surface area contributed by atoms with Gasteiger partial charge in [0.15, 0.2) is 0 Å². The maximum atomic E-state index is 11.3. The van der Waals surface area contributed by atoms with E-state index in [0.717, 1.165) is 25.9 Å². The lowest BCUT2D eigenvalue weighted by Crippen LogP contribution is -2.21. The van der Waals surface area contributed by atoms with Crippen LogP contribution in [0.1, 0.15) is 34.6 Å². The number of carbonyl (C=O) groups is 1. The molecule has 0 saturated carbocycles. The molecule has 1 saturated heterocycles. The summed E-state index contributed by atoms with van der Waals surface area (Å²) in [6.07, 6.45) is 2.13. The molecule has 3 N–H and O–H groups in total.